The van der Waals surface area contributed by atoms with Crippen molar-refractivity contribution in [3.8, 4) is 6.07 Å². The number of aryl methyl sites for hydroxylation is 1. The third kappa shape index (κ3) is 9.04. The molecule has 2 amide bonds. The van der Waals surface area contributed by atoms with Gasteiger partial charge in [-0.3, -0.25) is 9.59 Å². The van der Waals surface area contributed by atoms with Crippen LogP contribution in [0.4, 0.5) is 0 Å². The number of amides is 2. The summed E-state index contributed by atoms with van der Waals surface area (Å²) in [7, 11) is 0. The molecule has 0 saturated heterocycles. The fourth-order valence-electron chi connectivity index (χ4n) is 3.36. The zero-order valence-corrected chi connectivity index (χ0v) is 19.5. The summed E-state index contributed by atoms with van der Waals surface area (Å²) in [6.45, 7) is 3.95. The molecule has 8 heteroatoms. The normalized spacial score (nSPS) is 12.3. The first-order valence-electron chi connectivity index (χ1n) is 11.3. The Hall–Kier alpha value is -3.70. The average Bonchev–Trinajstić information content (AvgIpc) is 2.81. The van der Waals surface area contributed by atoms with Gasteiger partial charge in [-0.2, -0.15) is 5.26 Å². The first-order chi connectivity index (χ1) is 16.3. The van der Waals surface area contributed by atoms with E-state index in [9.17, 15) is 19.6 Å². The maximum absolute atomic E-state index is 13.0. The number of carboxylic acid groups (broad SMARTS) is 1. The molecular formula is C26H31N3O5. The van der Waals surface area contributed by atoms with E-state index in [1.807, 2.05) is 44.2 Å². The first-order valence-corrected chi connectivity index (χ1v) is 11.3. The second-order valence-electron chi connectivity index (χ2n) is 8.13. The zero-order chi connectivity index (χ0) is 24.9. The standard InChI is InChI=1S/C26H31N3O5/c1-3-4-11-24(30)29-23(14-19-8-5-7-18(2)12-19)25(31)28-22(15-27)17-34-16-20-9-6-10-21(13-20)26(32)33/h5-10,12-13,22-23H,3-4,11,14,16-17H2,1-2H3,(H,28,31)(H,29,30)(H,32,33)/t22-,23+/m1/s1. The van der Waals surface area contributed by atoms with Crippen LogP contribution >= 0.6 is 0 Å². The molecule has 180 valence electrons. The van der Waals surface area contributed by atoms with Crippen LogP contribution in [0.1, 0.15) is 53.2 Å². The Morgan fingerprint density at radius 3 is 2.50 bits per heavy atom. The third-order valence-electron chi connectivity index (χ3n) is 5.13. The van der Waals surface area contributed by atoms with Gasteiger partial charge >= 0.3 is 5.97 Å². The molecular weight excluding hydrogens is 434 g/mol. The summed E-state index contributed by atoms with van der Waals surface area (Å²) in [5.41, 5.74) is 2.73. The topological polar surface area (TPSA) is 129 Å². The van der Waals surface area contributed by atoms with Crippen molar-refractivity contribution in [1.29, 1.82) is 5.26 Å². The minimum absolute atomic E-state index is 0.0829. The van der Waals surface area contributed by atoms with Gasteiger partial charge in [-0.05, 0) is 36.6 Å². The van der Waals surface area contributed by atoms with Crippen LogP contribution in [-0.4, -0.2) is 41.6 Å². The summed E-state index contributed by atoms with van der Waals surface area (Å²) < 4.78 is 5.54. The van der Waals surface area contributed by atoms with Gasteiger partial charge in [0, 0.05) is 12.8 Å². The lowest BCUT2D eigenvalue weighted by Gasteiger charge is -2.21. The van der Waals surface area contributed by atoms with Crippen LogP contribution in [-0.2, 0) is 27.4 Å². The van der Waals surface area contributed by atoms with Gasteiger partial charge in [-0.1, -0.05) is 55.3 Å². The maximum atomic E-state index is 13.0. The van der Waals surface area contributed by atoms with Crippen molar-refractivity contribution in [2.24, 2.45) is 0 Å². The van der Waals surface area contributed by atoms with Crippen LogP contribution in [0.5, 0.6) is 0 Å². The molecule has 3 N–H and O–H groups in total. The number of aromatic carboxylic acids is 1. The molecule has 2 aromatic carbocycles. The molecule has 0 fully saturated rings. The van der Waals surface area contributed by atoms with Gasteiger partial charge in [0.25, 0.3) is 0 Å². The number of carbonyl (C=O) groups excluding carboxylic acids is 2. The summed E-state index contributed by atoms with van der Waals surface area (Å²) >= 11 is 0. The lowest BCUT2D eigenvalue weighted by Crippen LogP contribution is -2.51. The minimum Gasteiger partial charge on any atom is -0.478 e. The van der Waals surface area contributed by atoms with Crippen molar-refractivity contribution < 1.29 is 24.2 Å². The van der Waals surface area contributed by atoms with Crippen molar-refractivity contribution in [3.63, 3.8) is 0 Å². The van der Waals surface area contributed by atoms with Gasteiger partial charge in [-0.15, -0.1) is 0 Å². The van der Waals surface area contributed by atoms with Crippen molar-refractivity contribution >= 4 is 17.8 Å². The lowest BCUT2D eigenvalue weighted by molar-refractivity contribution is -0.129. The molecule has 0 saturated carbocycles. The van der Waals surface area contributed by atoms with E-state index in [0.29, 0.717) is 18.4 Å². The van der Waals surface area contributed by atoms with E-state index in [4.69, 9.17) is 9.84 Å². The molecule has 0 unspecified atom stereocenters. The van der Waals surface area contributed by atoms with Crippen LogP contribution in [0.2, 0.25) is 0 Å². The summed E-state index contributed by atoms with van der Waals surface area (Å²) in [5, 5.41) is 24.0. The lowest BCUT2D eigenvalue weighted by atomic mass is 10.0. The number of benzene rings is 2. The molecule has 0 radical (unpaired) electrons. The summed E-state index contributed by atoms with van der Waals surface area (Å²) in [6.07, 6.45) is 2.22. The van der Waals surface area contributed by atoms with Crippen LogP contribution in [0.25, 0.3) is 0 Å². The Bertz CT molecular complexity index is 1030. The Balaban J connectivity index is 1.99. The highest BCUT2D eigenvalue weighted by Crippen LogP contribution is 2.09. The number of nitriles is 1. The number of nitrogens with zero attached hydrogens (tertiary/aromatic N) is 1. The molecule has 0 bridgehead atoms. The monoisotopic (exact) mass is 465 g/mol. The SMILES string of the molecule is CCCCC(=O)N[C@@H](Cc1cccc(C)c1)C(=O)N[C@H](C#N)COCc1cccc(C(=O)O)c1. The molecule has 2 aromatic rings. The first kappa shape index (κ1) is 26.6. The van der Waals surface area contributed by atoms with Gasteiger partial charge in [0.05, 0.1) is 24.8 Å². The maximum Gasteiger partial charge on any atom is 0.335 e. The van der Waals surface area contributed by atoms with Crippen LogP contribution in [0.3, 0.4) is 0 Å². The largest absolute Gasteiger partial charge is 0.478 e. The van der Waals surface area contributed by atoms with E-state index in [1.54, 1.807) is 12.1 Å². The number of rotatable bonds is 13. The third-order valence-corrected chi connectivity index (χ3v) is 5.13. The highest BCUT2D eigenvalue weighted by Gasteiger charge is 2.24. The van der Waals surface area contributed by atoms with Crippen molar-refractivity contribution in [1.82, 2.24) is 10.6 Å². The van der Waals surface area contributed by atoms with Crippen molar-refractivity contribution in [2.75, 3.05) is 6.61 Å². The minimum atomic E-state index is -1.04. The Labute approximate surface area is 199 Å². The predicted octanol–water partition coefficient (Wildman–Crippen LogP) is 3.14. The zero-order valence-electron chi connectivity index (χ0n) is 19.5. The molecule has 34 heavy (non-hydrogen) atoms. The van der Waals surface area contributed by atoms with E-state index < -0.39 is 24.0 Å². The van der Waals surface area contributed by atoms with E-state index in [0.717, 1.165) is 24.0 Å². The number of hydrogen-bond acceptors (Lipinski definition) is 5. The van der Waals surface area contributed by atoms with Gasteiger partial charge in [0.1, 0.15) is 12.1 Å². The molecule has 8 nitrogen and oxygen atoms in total. The van der Waals surface area contributed by atoms with E-state index in [2.05, 4.69) is 10.6 Å². The van der Waals surface area contributed by atoms with Crippen molar-refractivity contribution in [2.45, 2.75) is 58.2 Å². The molecule has 2 atom stereocenters. The average molecular weight is 466 g/mol. The van der Waals surface area contributed by atoms with E-state index >= 15 is 0 Å². The summed E-state index contributed by atoms with van der Waals surface area (Å²) in [5.74, 6) is -1.71. The number of carbonyl (C=O) groups is 3. The van der Waals surface area contributed by atoms with Gasteiger partial charge < -0.3 is 20.5 Å². The fraction of sp³-hybridized carbons (Fsp3) is 0.385. The second-order valence-corrected chi connectivity index (χ2v) is 8.13. The molecule has 0 aliphatic carbocycles. The fourth-order valence-corrected chi connectivity index (χ4v) is 3.36. The van der Waals surface area contributed by atoms with Crippen LogP contribution < -0.4 is 10.6 Å². The molecule has 0 heterocycles. The number of ether oxygens (including phenoxy) is 1. The number of carboxylic acids is 1. The highest BCUT2D eigenvalue weighted by atomic mass is 16.5. The van der Waals surface area contributed by atoms with Crippen LogP contribution in [0, 0.1) is 18.3 Å². The van der Waals surface area contributed by atoms with E-state index in [-0.39, 0.29) is 24.7 Å². The predicted molar refractivity (Wildman–Crippen MR) is 127 cm³/mol. The molecule has 0 aliphatic heterocycles. The smallest absolute Gasteiger partial charge is 0.335 e. The summed E-state index contributed by atoms with van der Waals surface area (Å²) in [4.78, 5) is 36.4. The number of nitrogens with one attached hydrogen (secondary N) is 2. The van der Waals surface area contributed by atoms with Gasteiger partial charge in [0.15, 0.2) is 0 Å². The van der Waals surface area contributed by atoms with Crippen LogP contribution in [0.15, 0.2) is 48.5 Å². The number of unbranched alkanes of at least 4 members (excludes halogenated alkanes) is 1. The highest BCUT2D eigenvalue weighted by molar-refractivity contribution is 5.88. The Kier molecular flexibility index (Phi) is 10.7. The van der Waals surface area contributed by atoms with Crippen molar-refractivity contribution in [3.05, 3.63) is 70.8 Å². The molecule has 0 aromatic heterocycles. The molecule has 2 rings (SSSR count). The van der Waals surface area contributed by atoms with Gasteiger partial charge in [0.2, 0.25) is 11.8 Å². The van der Waals surface area contributed by atoms with E-state index in [1.165, 1.54) is 12.1 Å². The quantitative estimate of drug-likeness (QED) is 0.417. The number of hydrogen-bond donors (Lipinski definition) is 3. The molecule has 0 aliphatic rings. The van der Waals surface area contributed by atoms with Gasteiger partial charge in [-0.25, -0.2) is 4.79 Å². The second kappa shape index (κ2) is 13.8. The summed E-state index contributed by atoms with van der Waals surface area (Å²) in [6, 6.07) is 14.2. The Morgan fingerprint density at radius 1 is 1.09 bits per heavy atom. The Morgan fingerprint density at radius 2 is 1.82 bits per heavy atom. The molecule has 0 spiro atoms.